The minimum absolute atomic E-state index is 0.0464. The summed E-state index contributed by atoms with van der Waals surface area (Å²) in [6.45, 7) is 8.06. The van der Waals surface area contributed by atoms with Crippen molar-refractivity contribution >= 4 is 5.91 Å². The normalized spacial score (nSPS) is 23.5. The lowest BCUT2D eigenvalue weighted by atomic mass is 9.75. The highest BCUT2D eigenvalue weighted by molar-refractivity contribution is 5.74. The molecule has 0 bridgehead atoms. The first kappa shape index (κ1) is 17.6. The van der Waals surface area contributed by atoms with Crippen LogP contribution < -0.4 is 0 Å². The van der Waals surface area contributed by atoms with Crippen LogP contribution in [0.3, 0.4) is 0 Å². The minimum Gasteiger partial charge on any atom is -0.333 e. The molecule has 1 aromatic carbocycles. The Kier molecular flexibility index (Phi) is 4.62. The van der Waals surface area contributed by atoms with Gasteiger partial charge in [-0.2, -0.15) is 4.68 Å². The Morgan fingerprint density at radius 3 is 2.60 bits per heavy atom. The second-order valence-electron chi connectivity index (χ2n) is 7.43. The van der Waals surface area contributed by atoms with Crippen molar-refractivity contribution in [2.45, 2.75) is 58.9 Å². The third-order valence-electron chi connectivity index (χ3n) is 5.91. The summed E-state index contributed by atoms with van der Waals surface area (Å²) in [6, 6.07) is 6.14. The van der Waals surface area contributed by atoms with E-state index >= 15 is 0 Å². The Bertz CT molecular complexity index is 774. The third-order valence-corrected chi connectivity index (χ3v) is 5.91. The maximum absolute atomic E-state index is 12.2. The van der Waals surface area contributed by atoms with Crippen LogP contribution in [0, 0.1) is 19.8 Å². The summed E-state index contributed by atoms with van der Waals surface area (Å²) in [7, 11) is 1.88. The van der Waals surface area contributed by atoms with E-state index in [0.717, 1.165) is 42.8 Å². The van der Waals surface area contributed by atoms with Crippen LogP contribution in [0.4, 0.5) is 0 Å². The molecule has 1 aliphatic rings. The fourth-order valence-electron chi connectivity index (χ4n) is 3.85. The number of nitrogens with zero attached hydrogens (tertiary/aromatic N) is 5. The summed E-state index contributed by atoms with van der Waals surface area (Å²) in [5, 5.41) is 12.7. The fraction of sp³-hybridized carbons (Fsp3) is 0.579. The van der Waals surface area contributed by atoms with Crippen molar-refractivity contribution in [2.24, 2.45) is 5.92 Å². The van der Waals surface area contributed by atoms with Crippen molar-refractivity contribution in [2.75, 3.05) is 7.05 Å². The van der Waals surface area contributed by atoms with Gasteiger partial charge in [0.15, 0.2) is 5.82 Å². The Morgan fingerprint density at radius 2 is 1.96 bits per heavy atom. The molecule has 1 aromatic heterocycles. The Hall–Kier alpha value is -2.24. The van der Waals surface area contributed by atoms with Gasteiger partial charge in [-0.1, -0.05) is 19.1 Å². The molecular weight excluding hydrogens is 314 g/mol. The molecule has 25 heavy (non-hydrogen) atoms. The maximum Gasteiger partial charge on any atom is 0.220 e. The average molecular weight is 341 g/mol. The molecule has 0 aliphatic heterocycles. The van der Waals surface area contributed by atoms with E-state index in [2.05, 4.69) is 42.4 Å². The molecule has 1 saturated carbocycles. The van der Waals surface area contributed by atoms with E-state index in [0.29, 0.717) is 5.92 Å². The van der Waals surface area contributed by atoms with Gasteiger partial charge in [-0.3, -0.25) is 4.79 Å². The van der Waals surface area contributed by atoms with E-state index in [-0.39, 0.29) is 5.91 Å². The van der Waals surface area contributed by atoms with Crippen molar-refractivity contribution in [3.63, 3.8) is 0 Å². The van der Waals surface area contributed by atoms with Gasteiger partial charge in [-0.05, 0) is 73.1 Å². The number of carbonyl (C=O) groups is 1. The summed E-state index contributed by atoms with van der Waals surface area (Å²) in [4.78, 5) is 14.1. The summed E-state index contributed by atoms with van der Waals surface area (Å²) in [5.41, 5.74) is 2.89. The van der Waals surface area contributed by atoms with E-state index in [9.17, 15) is 4.79 Å². The first-order valence-corrected chi connectivity index (χ1v) is 8.96. The van der Waals surface area contributed by atoms with Gasteiger partial charge in [0, 0.05) is 14.0 Å². The van der Waals surface area contributed by atoms with Gasteiger partial charge in [-0.25, -0.2) is 0 Å². The van der Waals surface area contributed by atoms with Gasteiger partial charge in [0.1, 0.15) is 5.54 Å². The number of tetrazole rings is 1. The molecule has 0 atom stereocenters. The molecule has 6 nitrogen and oxygen atoms in total. The van der Waals surface area contributed by atoms with Gasteiger partial charge in [0.25, 0.3) is 0 Å². The van der Waals surface area contributed by atoms with Crippen LogP contribution in [0.2, 0.25) is 0 Å². The highest BCUT2D eigenvalue weighted by atomic mass is 16.2. The highest BCUT2D eigenvalue weighted by Crippen LogP contribution is 2.43. The fourth-order valence-corrected chi connectivity index (χ4v) is 3.85. The lowest BCUT2D eigenvalue weighted by Crippen LogP contribution is -2.50. The van der Waals surface area contributed by atoms with E-state index in [1.165, 1.54) is 5.56 Å². The summed E-state index contributed by atoms with van der Waals surface area (Å²) in [6.07, 6.45) is 3.90. The molecule has 1 amide bonds. The Labute approximate surface area is 149 Å². The zero-order valence-electron chi connectivity index (χ0n) is 15.8. The van der Waals surface area contributed by atoms with Crippen LogP contribution in [0.5, 0.6) is 0 Å². The molecule has 1 heterocycles. The van der Waals surface area contributed by atoms with E-state index in [4.69, 9.17) is 0 Å². The van der Waals surface area contributed by atoms with Crippen molar-refractivity contribution in [1.29, 1.82) is 0 Å². The predicted molar refractivity (Wildman–Crippen MR) is 96.4 cm³/mol. The van der Waals surface area contributed by atoms with Crippen LogP contribution >= 0.6 is 0 Å². The average Bonchev–Trinajstić information content (AvgIpc) is 3.07. The second-order valence-corrected chi connectivity index (χ2v) is 7.43. The lowest BCUT2D eigenvalue weighted by molar-refractivity contribution is -0.136. The van der Waals surface area contributed by atoms with Gasteiger partial charge < -0.3 is 4.90 Å². The number of rotatable bonds is 3. The van der Waals surface area contributed by atoms with Crippen LogP contribution in [-0.2, 0) is 10.3 Å². The number of carbonyl (C=O) groups excluding carboxylic acids is 1. The van der Waals surface area contributed by atoms with E-state index < -0.39 is 5.54 Å². The van der Waals surface area contributed by atoms with Crippen molar-refractivity contribution in [3.05, 3.63) is 35.2 Å². The van der Waals surface area contributed by atoms with Crippen molar-refractivity contribution < 1.29 is 4.79 Å². The summed E-state index contributed by atoms with van der Waals surface area (Å²) in [5.74, 6) is 1.48. The molecular formula is C19H27N5O. The molecule has 0 radical (unpaired) electrons. The topological polar surface area (TPSA) is 63.9 Å². The maximum atomic E-state index is 12.2. The number of hydrogen-bond acceptors (Lipinski definition) is 4. The molecule has 0 N–H and O–H groups in total. The van der Waals surface area contributed by atoms with Crippen LogP contribution in [0.15, 0.2) is 18.2 Å². The number of benzene rings is 1. The van der Waals surface area contributed by atoms with Crippen LogP contribution in [0.25, 0.3) is 5.69 Å². The largest absolute Gasteiger partial charge is 0.333 e. The van der Waals surface area contributed by atoms with Crippen LogP contribution in [0.1, 0.15) is 56.5 Å². The third kappa shape index (κ3) is 2.94. The van der Waals surface area contributed by atoms with Crippen LogP contribution in [-0.4, -0.2) is 38.1 Å². The molecule has 0 spiro atoms. The highest BCUT2D eigenvalue weighted by Gasteiger charge is 2.45. The molecule has 0 unspecified atom stereocenters. The Balaban J connectivity index is 2.14. The van der Waals surface area contributed by atoms with Crippen molar-refractivity contribution in [1.82, 2.24) is 25.1 Å². The number of amides is 1. The van der Waals surface area contributed by atoms with E-state index in [1.807, 2.05) is 28.8 Å². The zero-order chi connectivity index (χ0) is 18.2. The number of aromatic nitrogens is 4. The monoisotopic (exact) mass is 341 g/mol. The molecule has 2 aromatic rings. The van der Waals surface area contributed by atoms with Crippen molar-refractivity contribution in [3.8, 4) is 5.69 Å². The second kappa shape index (κ2) is 6.58. The standard InChI is InChI=1S/C19H27N5O/c1-13-9-11-19(12-10-13,23(5)16(4)25)18-20-21-22-24(18)17-8-6-7-14(2)15(17)3/h6-8,13H,9-12H2,1-5H3. The lowest BCUT2D eigenvalue weighted by Gasteiger charge is -2.44. The number of hydrogen-bond donors (Lipinski definition) is 0. The van der Waals surface area contributed by atoms with E-state index in [1.54, 1.807) is 6.92 Å². The quantitative estimate of drug-likeness (QED) is 0.860. The molecule has 3 rings (SSSR count). The Morgan fingerprint density at radius 1 is 1.28 bits per heavy atom. The summed E-state index contributed by atoms with van der Waals surface area (Å²) >= 11 is 0. The summed E-state index contributed by atoms with van der Waals surface area (Å²) < 4.78 is 1.83. The van der Waals surface area contributed by atoms with Gasteiger partial charge >= 0.3 is 0 Å². The first-order chi connectivity index (χ1) is 11.9. The molecule has 6 heteroatoms. The van der Waals surface area contributed by atoms with Gasteiger partial charge in [0.05, 0.1) is 5.69 Å². The molecule has 1 fully saturated rings. The minimum atomic E-state index is -0.446. The van der Waals surface area contributed by atoms with Gasteiger partial charge in [0.2, 0.25) is 5.91 Å². The molecule has 0 saturated heterocycles. The molecule has 134 valence electrons. The SMILES string of the molecule is CC(=O)N(C)C1(c2nnnn2-c2cccc(C)c2C)CCC(C)CC1. The first-order valence-electron chi connectivity index (χ1n) is 8.96. The smallest absolute Gasteiger partial charge is 0.220 e. The molecule has 1 aliphatic carbocycles. The predicted octanol–water partition coefficient (Wildman–Crippen LogP) is 3.16. The van der Waals surface area contributed by atoms with Gasteiger partial charge in [-0.15, -0.1) is 5.10 Å². The number of aryl methyl sites for hydroxylation is 1. The zero-order valence-corrected chi connectivity index (χ0v) is 15.8.